The summed E-state index contributed by atoms with van der Waals surface area (Å²) >= 11 is 0. The maximum atomic E-state index is 11.0. The van der Waals surface area contributed by atoms with Crippen LogP contribution in [0.2, 0.25) is 0 Å². The second kappa shape index (κ2) is 17.5. The molecule has 2 aliphatic rings. The first-order valence-electron chi connectivity index (χ1n) is 11.8. The van der Waals surface area contributed by atoms with Crippen molar-refractivity contribution >= 4 is 11.6 Å². The van der Waals surface area contributed by atoms with Crippen molar-refractivity contribution in [2.75, 3.05) is 13.2 Å². The molecule has 7 heteroatoms. The van der Waals surface area contributed by atoms with E-state index in [0.29, 0.717) is 19.6 Å². The SMILES string of the molecule is CC(=O)/C=C/[C@H]1CCOC(c2ccccc2)O1.CC(=O)CC[C@H]1CCOC(c2ccccc2)O1.[CH3-].[Pd]. The third kappa shape index (κ3) is 11.4. The molecule has 0 bridgehead atoms. The van der Waals surface area contributed by atoms with Gasteiger partial charge in [0.15, 0.2) is 18.4 Å². The summed E-state index contributed by atoms with van der Waals surface area (Å²) in [5, 5.41) is 0. The second-order valence-corrected chi connectivity index (χ2v) is 8.45. The van der Waals surface area contributed by atoms with Gasteiger partial charge in [-0.1, -0.05) is 66.7 Å². The molecule has 0 radical (unpaired) electrons. The first kappa shape index (κ1) is 32.1. The van der Waals surface area contributed by atoms with Gasteiger partial charge in [-0.15, -0.1) is 0 Å². The maximum Gasteiger partial charge on any atom is 0.184 e. The Bertz CT molecular complexity index is 918. The zero-order chi connectivity index (χ0) is 24.2. The van der Waals surface area contributed by atoms with Crippen LogP contribution in [0.1, 0.15) is 63.2 Å². The van der Waals surface area contributed by atoms with Crippen molar-refractivity contribution in [3.8, 4) is 0 Å². The second-order valence-electron chi connectivity index (χ2n) is 8.45. The fourth-order valence-corrected chi connectivity index (χ4v) is 3.68. The summed E-state index contributed by atoms with van der Waals surface area (Å²) in [6.07, 6.45) is 5.89. The maximum absolute atomic E-state index is 11.0. The summed E-state index contributed by atoms with van der Waals surface area (Å²) in [5.74, 6) is 0.257. The smallest absolute Gasteiger partial charge is 0.184 e. The minimum atomic E-state index is -0.327. The molecule has 2 saturated heterocycles. The zero-order valence-electron chi connectivity index (χ0n) is 21.2. The number of ether oxygens (including phenoxy) is 4. The number of ketones is 2. The first-order valence-corrected chi connectivity index (χ1v) is 11.8. The van der Waals surface area contributed by atoms with Gasteiger partial charge in [-0.25, -0.2) is 0 Å². The van der Waals surface area contributed by atoms with Gasteiger partial charge in [0.1, 0.15) is 5.78 Å². The van der Waals surface area contributed by atoms with Crippen LogP contribution in [0.5, 0.6) is 0 Å². The molecule has 2 aliphatic heterocycles. The van der Waals surface area contributed by atoms with Crippen LogP contribution in [0.25, 0.3) is 0 Å². The van der Waals surface area contributed by atoms with Gasteiger partial charge in [-0.2, -0.15) is 0 Å². The van der Waals surface area contributed by atoms with Crippen LogP contribution in [-0.4, -0.2) is 37.0 Å². The van der Waals surface area contributed by atoms with Gasteiger partial charge >= 0.3 is 0 Å². The molecular weight excluding hydrogens is 551 g/mol. The van der Waals surface area contributed by atoms with Gasteiger partial charge in [-0.05, 0) is 32.8 Å². The molecule has 4 rings (SSSR count). The number of carbonyl (C=O) groups excluding carboxylic acids is 2. The molecule has 200 valence electrons. The molecule has 2 unspecified atom stereocenters. The van der Waals surface area contributed by atoms with Crippen LogP contribution in [0, 0.1) is 7.43 Å². The molecule has 4 atom stereocenters. The van der Waals surface area contributed by atoms with Crippen LogP contribution in [0.3, 0.4) is 0 Å². The topological polar surface area (TPSA) is 71.1 Å². The monoisotopic (exact) mass is 587 g/mol. The Labute approximate surface area is 229 Å². The average Bonchev–Trinajstić information content (AvgIpc) is 2.88. The van der Waals surface area contributed by atoms with Crippen molar-refractivity contribution < 1.29 is 49.0 Å². The van der Waals surface area contributed by atoms with Crippen LogP contribution in [-0.2, 0) is 49.0 Å². The van der Waals surface area contributed by atoms with E-state index in [-0.39, 0.29) is 64.2 Å². The predicted molar refractivity (Wildman–Crippen MR) is 135 cm³/mol. The molecule has 0 aliphatic carbocycles. The molecule has 2 aromatic rings. The van der Waals surface area contributed by atoms with Gasteiger partial charge in [-0.3, -0.25) is 4.79 Å². The summed E-state index contributed by atoms with van der Waals surface area (Å²) < 4.78 is 22.8. The summed E-state index contributed by atoms with van der Waals surface area (Å²) in [7, 11) is 0. The number of benzene rings is 2. The van der Waals surface area contributed by atoms with E-state index >= 15 is 0 Å². The molecule has 6 nitrogen and oxygen atoms in total. The summed E-state index contributed by atoms with van der Waals surface area (Å²) in [5.41, 5.74) is 2.05. The fourth-order valence-electron chi connectivity index (χ4n) is 3.68. The summed E-state index contributed by atoms with van der Waals surface area (Å²) in [6.45, 7) is 4.49. The third-order valence-electron chi connectivity index (χ3n) is 5.50. The van der Waals surface area contributed by atoms with E-state index in [1.165, 1.54) is 6.92 Å². The Kier molecular flexibility index (Phi) is 15.6. The van der Waals surface area contributed by atoms with Crippen molar-refractivity contribution in [3.63, 3.8) is 0 Å². The van der Waals surface area contributed by atoms with Gasteiger partial charge in [0.05, 0.1) is 25.4 Å². The van der Waals surface area contributed by atoms with Crippen LogP contribution < -0.4 is 0 Å². The Morgan fingerprint density at radius 2 is 1.36 bits per heavy atom. The molecule has 0 spiro atoms. The van der Waals surface area contributed by atoms with E-state index in [9.17, 15) is 9.59 Å². The number of hydrogen-bond donors (Lipinski definition) is 0. The quantitative estimate of drug-likeness (QED) is 0.227. The number of allylic oxidation sites excluding steroid dienone is 1. The molecule has 2 fully saturated rings. The molecular formula is C29H37O6Pd-. The van der Waals surface area contributed by atoms with Gasteiger partial charge in [0, 0.05) is 44.4 Å². The van der Waals surface area contributed by atoms with Crippen molar-refractivity contribution in [2.24, 2.45) is 0 Å². The first-order chi connectivity index (χ1) is 16.5. The standard InChI is InChI=1S/C14H18O3.C14H16O3.CH3.Pd/c2*1-11(15)7-8-13-9-10-16-14(17-13)12-5-3-2-4-6-12;;/h2-6,13-14H,7-10H2,1H3;2-8,13-14H,9-10H2,1H3;1H3;/q;;-1;/b;8-7+;;/t2*13-,14?;;/m00../s1. The Morgan fingerprint density at radius 3 is 1.89 bits per heavy atom. The van der Waals surface area contributed by atoms with Gasteiger partial charge < -0.3 is 31.2 Å². The third-order valence-corrected chi connectivity index (χ3v) is 5.50. The average molecular weight is 588 g/mol. The van der Waals surface area contributed by atoms with Gasteiger partial charge in [0.25, 0.3) is 0 Å². The molecule has 2 aromatic carbocycles. The predicted octanol–water partition coefficient (Wildman–Crippen LogP) is 5.94. The minimum Gasteiger partial charge on any atom is -0.358 e. The number of hydrogen-bond acceptors (Lipinski definition) is 6. The molecule has 0 aromatic heterocycles. The molecule has 0 saturated carbocycles. The van der Waals surface area contributed by atoms with Gasteiger partial charge in [0.2, 0.25) is 0 Å². The summed E-state index contributed by atoms with van der Waals surface area (Å²) in [4.78, 5) is 21.8. The number of carbonyl (C=O) groups is 2. The van der Waals surface area contributed by atoms with Crippen molar-refractivity contribution in [1.82, 2.24) is 0 Å². The Balaban J connectivity index is 0.000000341. The normalized spacial score (nSPS) is 23.4. The largest absolute Gasteiger partial charge is 0.358 e. The summed E-state index contributed by atoms with van der Waals surface area (Å²) in [6, 6.07) is 19.7. The van der Waals surface area contributed by atoms with E-state index in [0.717, 1.165) is 30.4 Å². The Hall–Kier alpha value is -1.98. The van der Waals surface area contributed by atoms with E-state index in [1.54, 1.807) is 19.1 Å². The van der Waals surface area contributed by atoms with Crippen molar-refractivity contribution in [1.29, 1.82) is 0 Å². The molecule has 0 amide bonds. The van der Waals surface area contributed by atoms with Crippen LogP contribution in [0.15, 0.2) is 72.8 Å². The van der Waals surface area contributed by atoms with Crippen LogP contribution in [0.4, 0.5) is 0 Å². The van der Waals surface area contributed by atoms with E-state index in [1.807, 2.05) is 60.7 Å². The van der Waals surface area contributed by atoms with Crippen molar-refractivity contribution in [2.45, 2.75) is 64.3 Å². The van der Waals surface area contributed by atoms with Crippen molar-refractivity contribution in [3.05, 3.63) is 91.4 Å². The van der Waals surface area contributed by atoms with E-state index in [2.05, 4.69) is 0 Å². The minimum absolute atomic E-state index is 0. The number of rotatable bonds is 7. The molecule has 2 heterocycles. The van der Waals surface area contributed by atoms with E-state index in [4.69, 9.17) is 18.9 Å². The van der Waals surface area contributed by atoms with Crippen LogP contribution >= 0.6 is 0 Å². The molecule has 36 heavy (non-hydrogen) atoms. The van der Waals surface area contributed by atoms with E-state index < -0.39 is 0 Å². The Morgan fingerprint density at radius 1 is 0.833 bits per heavy atom. The zero-order valence-corrected chi connectivity index (χ0v) is 22.8. The number of Topliss-reactive ketones (excluding diaryl/α,β-unsaturated/α-hetero) is 1. The fraction of sp³-hybridized carbons (Fsp3) is 0.414. The molecule has 0 N–H and O–H groups in total.